The van der Waals surface area contributed by atoms with Crippen molar-refractivity contribution >= 4 is 22.5 Å². The van der Waals surface area contributed by atoms with Crippen molar-refractivity contribution < 1.29 is 14.0 Å². The highest BCUT2D eigenvalue weighted by Crippen LogP contribution is 2.28. The summed E-state index contributed by atoms with van der Waals surface area (Å²) in [5.41, 5.74) is 1.32. The first-order chi connectivity index (χ1) is 7.66. The molecule has 0 N–H and O–H groups in total. The highest BCUT2D eigenvalue weighted by atomic mass is 16.3. The molecule has 0 radical (unpaired) electrons. The molecular weight excluding hydrogens is 204 g/mol. The second-order valence-electron chi connectivity index (χ2n) is 3.83. The van der Waals surface area contributed by atoms with Crippen LogP contribution in [0.3, 0.4) is 0 Å². The Hall–Kier alpha value is -2.16. The van der Waals surface area contributed by atoms with Crippen LogP contribution in [0, 0.1) is 6.92 Å². The lowest BCUT2D eigenvalue weighted by Gasteiger charge is -2.08. The maximum absolute atomic E-state index is 11.8. The van der Waals surface area contributed by atoms with Crippen LogP contribution in [0.5, 0.6) is 0 Å². The Morgan fingerprint density at radius 3 is 2.62 bits per heavy atom. The molecule has 1 aliphatic carbocycles. The van der Waals surface area contributed by atoms with Gasteiger partial charge >= 0.3 is 0 Å². The quantitative estimate of drug-likeness (QED) is 0.674. The summed E-state index contributed by atoms with van der Waals surface area (Å²) in [6, 6.07) is 5.33. The summed E-state index contributed by atoms with van der Waals surface area (Å²) in [5, 5.41) is 0.854. The van der Waals surface area contributed by atoms with Crippen molar-refractivity contribution in [2.45, 2.75) is 6.92 Å². The molecule has 0 bridgehead atoms. The first kappa shape index (κ1) is 9.09. The Bertz CT molecular complexity index is 659. The number of benzene rings is 1. The molecular formula is C13H8O3. The second kappa shape index (κ2) is 2.92. The highest BCUT2D eigenvalue weighted by Gasteiger charge is 2.23. The lowest BCUT2D eigenvalue weighted by molar-refractivity contribution is 0.0994. The predicted octanol–water partition coefficient (Wildman–Crippen LogP) is 2.68. The van der Waals surface area contributed by atoms with Gasteiger partial charge in [0, 0.05) is 10.9 Å². The van der Waals surface area contributed by atoms with Gasteiger partial charge in [0.1, 0.15) is 11.3 Å². The number of carbonyl (C=O) groups is 2. The van der Waals surface area contributed by atoms with Crippen LogP contribution in [-0.4, -0.2) is 11.6 Å². The summed E-state index contributed by atoms with van der Waals surface area (Å²) in [4.78, 5) is 23.4. The average Bonchev–Trinajstić information content (AvgIpc) is 2.63. The number of allylic oxidation sites excluding steroid dienone is 2. The van der Waals surface area contributed by atoms with Crippen molar-refractivity contribution in [1.29, 1.82) is 0 Å². The van der Waals surface area contributed by atoms with Crippen molar-refractivity contribution in [2.75, 3.05) is 0 Å². The number of rotatable bonds is 0. The molecule has 0 aliphatic heterocycles. The van der Waals surface area contributed by atoms with Crippen LogP contribution >= 0.6 is 0 Å². The molecule has 3 nitrogen and oxygen atoms in total. The molecule has 0 saturated heterocycles. The van der Waals surface area contributed by atoms with Gasteiger partial charge in [-0.2, -0.15) is 0 Å². The first-order valence-corrected chi connectivity index (χ1v) is 4.97. The van der Waals surface area contributed by atoms with E-state index >= 15 is 0 Å². The Morgan fingerprint density at radius 2 is 1.81 bits per heavy atom. The molecule has 0 atom stereocenters. The molecule has 1 aromatic heterocycles. The van der Waals surface area contributed by atoms with Crippen molar-refractivity contribution in [3.8, 4) is 0 Å². The van der Waals surface area contributed by atoms with Gasteiger partial charge in [-0.25, -0.2) is 0 Å². The van der Waals surface area contributed by atoms with Crippen molar-refractivity contribution in [3.63, 3.8) is 0 Å². The summed E-state index contributed by atoms with van der Waals surface area (Å²) in [6.07, 6.45) is 2.59. The Kier molecular flexibility index (Phi) is 1.66. The molecule has 3 rings (SSSR count). The normalized spacial score (nSPS) is 14.6. The van der Waals surface area contributed by atoms with Crippen LogP contribution < -0.4 is 0 Å². The predicted molar refractivity (Wildman–Crippen MR) is 58.8 cm³/mol. The second-order valence-corrected chi connectivity index (χ2v) is 3.83. The lowest BCUT2D eigenvalue weighted by atomic mass is 9.93. The minimum atomic E-state index is -0.172. The van der Waals surface area contributed by atoms with E-state index in [-0.39, 0.29) is 11.6 Å². The SMILES string of the molecule is Cc1cc2ccc3c(c2o1)C(=O)C=CC3=O. The van der Waals surface area contributed by atoms with Gasteiger partial charge in [0.05, 0.1) is 5.56 Å². The van der Waals surface area contributed by atoms with Crippen molar-refractivity contribution in [2.24, 2.45) is 0 Å². The van der Waals surface area contributed by atoms with Crippen LogP contribution in [0.25, 0.3) is 11.0 Å². The third-order valence-electron chi connectivity index (χ3n) is 2.71. The van der Waals surface area contributed by atoms with Crippen molar-refractivity contribution in [1.82, 2.24) is 0 Å². The number of aryl methyl sites for hydroxylation is 1. The number of hydrogen-bond acceptors (Lipinski definition) is 3. The largest absolute Gasteiger partial charge is 0.461 e. The molecule has 0 saturated carbocycles. The molecule has 1 aromatic carbocycles. The van der Waals surface area contributed by atoms with Crippen LogP contribution in [0.1, 0.15) is 26.5 Å². The number of hydrogen-bond donors (Lipinski definition) is 0. The van der Waals surface area contributed by atoms with Crippen LogP contribution in [-0.2, 0) is 0 Å². The summed E-state index contributed by atoms with van der Waals surface area (Å²) in [5.74, 6) is 0.415. The van der Waals surface area contributed by atoms with Gasteiger partial charge in [0.25, 0.3) is 0 Å². The van der Waals surface area contributed by atoms with E-state index in [4.69, 9.17) is 4.42 Å². The maximum Gasteiger partial charge on any atom is 0.190 e. The van der Waals surface area contributed by atoms with E-state index in [1.165, 1.54) is 12.2 Å². The van der Waals surface area contributed by atoms with Crippen LogP contribution in [0.15, 0.2) is 34.8 Å². The van der Waals surface area contributed by atoms with Gasteiger partial charge in [0.15, 0.2) is 11.6 Å². The Morgan fingerprint density at radius 1 is 1.06 bits per heavy atom. The molecule has 0 amide bonds. The lowest BCUT2D eigenvalue weighted by Crippen LogP contribution is -2.11. The maximum atomic E-state index is 11.8. The molecule has 2 aromatic rings. The fraction of sp³-hybridized carbons (Fsp3) is 0.0769. The first-order valence-electron chi connectivity index (χ1n) is 4.97. The topological polar surface area (TPSA) is 47.3 Å². The standard InChI is InChI=1S/C13H8O3/c1-7-6-8-2-3-9-10(14)4-5-11(15)12(9)13(8)16-7/h2-6H,1H3. The molecule has 3 heteroatoms. The van der Waals surface area contributed by atoms with Gasteiger partial charge < -0.3 is 4.42 Å². The van der Waals surface area contributed by atoms with E-state index in [0.717, 1.165) is 11.1 Å². The molecule has 78 valence electrons. The summed E-state index contributed by atoms with van der Waals surface area (Å²) in [6.45, 7) is 1.82. The molecule has 0 fully saturated rings. The number of furan rings is 1. The average molecular weight is 212 g/mol. The molecule has 1 heterocycles. The third kappa shape index (κ3) is 1.08. The number of fused-ring (bicyclic) bond motifs is 3. The van der Waals surface area contributed by atoms with Crippen LogP contribution in [0.4, 0.5) is 0 Å². The zero-order chi connectivity index (χ0) is 11.3. The fourth-order valence-electron chi connectivity index (χ4n) is 2.01. The summed E-state index contributed by atoms with van der Waals surface area (Å²) in [7, 11) is 0. The monoisotopic (exact) mass is 212 g/mol. The zero-order valence-corrected chi connectivity index (χ0v) is 8.61. The Labute approximate surface area is 91.4 Å². The van der Waals surface area contributed by atoms with Crippen molar-refractivity contribution in [3.05, 3.63) is 47.2 Å². The zero-order valence-electron chi connectivity index (χ0n) is 8.61. The number of ketones is 2. The summed E-state index contributed by atoms with van der Waals surface area (Å²) < 4.78 is 5.48. The van der Waals surface area contributed by atoms with E-state index in [9.17, 15) is 9.59 Å². The van der Waals surface area contributed by atoms with Gasteiger partial charge in [-0.15, -0.1) is 0 Å². The van der Waals surface area contributed by atoms with Gasteiger partial charge in [-0.1, -0.05) is 6.07 Å². The Balaban J connectivity index is 2.47. The number of carbonyl (C=O) groups excluding carboxylic acids is 2. The van der Waals surface area contributed by atoms with Gasteiger partial charge in [-0.3, -0.25) is 9.59 Å². The minimum absolute atomic E-state index is 0.148. The van der Waals surface area contributed by atoms with E-state index in [0.29, 0.717) is 16.7 Å². The van der Waals surface area contributed by atoms with E-state index in [1.807, 2.05) is 13.0 Å². The van der Waals surface area contributed by atoms with Gasteiger partial charge in [-0.05, 0) is 31.2 Å². The molecule has 16 heavy (non-hydrogen) atoms. The van der Waals surface area contributed by atoms with E-state index in [2.05, 4.69) is 0 Å². The van der Waals surface area contributed by atoms with Gasteiger partial charge in [0.2, 0.25) is 0 Å². The molecule has 0 spiro atoms. The summed E-state index contributed by atoms with van der Waals surface area (Å²) >= 11 is 0. The smallest absolute Gasteiger partial charge is 0.190 e. The highest BCUT2D eigenvalue weighted by molar-refractivity contribution is 6.26. The molecule has 1 aliphatic rings. The van der Waals surface area contributed by atoms with Crippen LogP contribution in [0.2, 0.25) is 0 Å². The van der Waals surface area contributed by atoms with E-state index < -0.39 is 0 Å². The third-order valence-corrected chi connectivity index (χ3v) is 2.71. The fourth-order valence-corrected chi connectivity index (χ4v) is 2.01. The van der Waals surface area contributed by atoms with E-state index in [1.54, 1.807) is 12.1 Å². The molecule has 0 unspecified atom stereocenters. The minimum Gasteiger partial charge on any atom is -0.461 e.